The van der Waals surface area contributed by atoms with Crippen molar-refractivity contribution in [1.82, 2.24) is 9.80 Å². The second-order valence-corrected chi connectivity index (χ2v) is 8.59. The minimum Gasteiger partial charge on any atom is -0.507 e. The van der Waals surface area contributed by atoms with E-state index in [4.69, 9.17) is 16.3 Å². The Kier molecular flexibility index (Phi) is 7.26. The first-order chi connectivity index (χ1) is 16.4. The molecule has 0 aliphatic carbocycles. The van der Waals surface area contributed by atoms with Gasteiger partial charge in [-0.2, -0.15) is 0 Å². The fourth-order valence-corrected chi connectivity index (χ4v) is 4.41. The lowest BCUT2D eigenvalue weighted by atomic mass is 9.95. The molecular formula is C24H24ClN3O6. The average molecular weight is 486 g/mol. The summed E-state index contributed by atoms with van der Waals surface area (Å²) < 4.78 is 5.36. The Balaban J connectivity index is 1.68. The van der Waals surface area contributed by atoms with Crippen LogP contribution < -0.4 is 0 Å². The predicted molar refractivity (Wildman–Crippen MR) is 125 cm³/mol. The third kappa shape index (κ3) is 4.96. The molecule has 0 radical (unpaired) electrons. The van der Waals surface area contributed by atoms with Crippen molar-refractivity contribution < 1.29 is 24.4 Å². The van der Waals surface area contributed by atoms with Crippen molar-refractivity contribution >= 4 is 34.7 Å². The Labute approximate surface area is 201 Å². The number of morpholine rings is 1. The van der Waals surface area contributed by atoms with Gasteiger partial charge in [0.1, 0.15) is 5.76 Å². The van der Waals surface area contributed by atoms with Crippen LogP contribution >= 0.6 is 11.6 Å². The number of aliphatic hydroxyl groups excluding tert-OH is 1. The minimum absolute atomic E-state index is 0.0486. The van der Waals surface area contributed by atoms with Crippen molar-refractivity contribution in [1.29, 1.82) is 0 Å². The lowest BCUT2D eigenvalue weighted by molar-refractivity contribution is -0.384. The monoisotopic (exact) mass is 485 g/mol. The van der Waals surface area contributed by atoms with Crippen LogP contribution in [0.15, 0.2) is 54.1 Å². The van der Waals surface area contributed by atoms with E-state index in [0.29, 0.717) is 42.3 Å². The van der Waals surface area contributed by atoms with Gasteiger partial charge < -0.3 is 14.7 Å². The molecule has 178 valence electrons. The Bertz CT molecular complexity index is 1110. The van der Waals surface area contributed by atoms with E-state index in [1.807, 2.05) is 0 Å². The molecule has 2 aromatic carbocycles. The van der Waals surface area contributed by atoms with Gasteiger partial charge in [-0.3, -0.25) is 24.6 Å². The largest absolute Gasteiger partial charge is 0.507 e. The lowest BCUT2D eigenvalue weighted by Gasteiger charge is -2.29. The summed E-state index contributed by atoms with van der Waals surface area (Å²) in [6.07, 6.45) is 0.623. The topological polar surface area (TPSA) is 113 Å². The molecule has 2 heterocycles. The Morgan fingerprint density at radius 3 is 2.32 bits per heavy atom. The highest BCUT2D eigenvalue weighted by Crippen LogP contribution is 2.40. The van der Waals surface area contributed by atoms with Gasteiger partial charge in [0.05, 0.1) is 29.8 Å². The van der Waals surface area contributed by atoms with Gasteiger partial charge in [0.2, 0.25) is 0 Å². The number of carbonyl (C=O) groups excluding carboxylic acids is 2. The third-order valence-corrected chi connectivity index (χ3v) is 6.31. The highest BCUT2D eigenvalue weighted by Gasteiger charge is 2.45. The molecule has 10 heteroatoms. The van der Waals surface area contributed by atoms with E-state index in [2.05, 4.69) is 4.90 Å². The maximum Gasteiger partial charge on any atom is 0.295 e. The van der Waals surface area contributed by atoms with E-state index in [9.17, 15) is 24.8 Å². The Hall–Kier alpha value is -3.27. The van der Waals surface area contributed by atoms with Crippen LogP contribution in [0.3, 0.4) is 0 Å². The number of aliphatic hydroxyl groups is 1. The molecule has 2 aromatic rings. The molecule has 2 saturated heterocycles. The molecule has 0 aromatic heterocycles. The summed E-state index contributed by atoms with van der Waals surface area (Å²) in [5.74, 6) is -1.81. The molecule has 0 saturated carbocycles. The fraction of sp³-hybridized carbons (Fsp3) is 0.333. The number of amides is 1. The van der Waals surface area contributed by atoms with E-state index in [1.165, 1.54) is 29.2 Å². The van der Waals surface area contributed by atoms with Gasteiger partial charge in [-0.05, 0) is 48.4 Å². The molecule has 0 unspecified atom stereocenters. The number of non-ortho nitro benzene ring substituents is 1. The van der Waals surface area contributed by atoms with Gasteiger partial charge in [0, 0.05) is 48.9 Å². The molecule has 2 aliphatic heterocycles. The first-order valence-electron chi connectivity index (χ1n) is 11.0. The zero-order chi connectivity index (χ0) is 24.2. The number of Topliss-reactive ketones (excluding diaryl/α,β-unsaturated/α-hetero) is 1. The molecule has 0 spiro atoms. The lowest BCUT2D eigenvalue weighted by Crippen LogP contribution is -2.38. The predicted octanol–water partition coefficient (Wildman–Crippen LogP) is 3.39. The Morgan fingerprint density at radius 1 is 1.06 bits per heavy atom. The summed E-state index contributed by atoms with van der Waals surface area (Å²) in [5, 5.41) is 22.6. The maximum absolute atomic E-state index is 13.1. The number of nitro groups is 1. The normalized spacial score (nSPS) is 20.6. The molecule has 0 bridgehead atoms. The van der Waals surface area contributed by atoms with Gasteiger partial charge in [-0.15, -0.1) is 0 Å². The quantitative estimate of drug-likeness (QED) is 0.210. The van der Waals surface area contributed by atoms with E-state index in [1.54, 1.807) is 24.3 Å². The number of likely N-dealkylation sites (tertiary alicyclic amines) is 1. The number of nitro benzene ring substituents is 1. The number of hydrogen-bond donors (Lipinski definition) is 1. The molecule has 1 N–H and O–H groups in total. The van der Waals surface area contributed by atoms with Crippen molar-refractivity contribution in [3.05, 3.63) is 80.4 Å². The number of benzene rings is 2. The van der Waals surface area contributed by atoms with E-state index in [0.717, 1.165) is 19.6 Å². The van der Waals surface area contributed by atoms with Crippen LogP contribution in [0.4, 0.5) is 5.69 Å². The number of carbonyl (C=O) groups is 2. The van der Waals surface area contributed by atoms with Gasteiger partial charge in [-0.25, -0.2) is 0 Å². The smallest absolute Gasteiger partial charge is 0.295 e. The van der Waals surface area contributed by atoms with Crippen LogP contribution in [-0.4, -0.2) is 70.9 Å². The van der Waals surface area contributed by atoms with Crippen LogP contribution in [-0.2, 0) is 14.3 Å². The number of ketones is 1. The van der Waals surface area contributed by atoms with Crippen molar-refractivity contribution in [2.24, 2.45) is 0 Å². The van der Waals surface area contributed by atoms with Crippen LogP contribution in [0.25, 0.3) is 5.76 Å². The van der Waals surface area contributed by atoms with Crippen molar-refractivity contribution in [3.8, 4) is 0 Å². The molecule has 4 rings (SSSR count). The second-order valence-electron chi connectivity index (χ2n) is 8.16. The van der Waals surface area contributed by atoms with Gasteiger partial charge in [0.15, 0.2) is 0 Å². The zero-order valence-electron chi connectivity index (χ0n) is 18.4. The summed E-state index contributed by atoms with van der Waals surface area (Å²) >= 11 is 5.94. The van der Waals surface area contributed by atoms with Gasteiger partial charge in [0.25, 0.3) is 17.4 Å². The molecule has 34 heavy (non-hydrogen) atoms. The third-order valence-electron chi connectivity index (χ3n) is 6.05. The van der Waals surface area contributed by atoms with E-state index < -0.39 is 22.7 Å². The summed E-state index contributed by atoms with van der Waals surface area (Å²) in [5.41, 5.74) is 0.701. The standard InChI is InChI=1S/C24H24ClN3O6/c25-18-6-2-17(3-7-18)22(29)20-21(16-4-8-19(9-5-16)28(32)33)27(24(31)23(20)30)11-1-10-26-12-14-34-15-13-26/h2-9,21,29H,1,10-15H2/b22-20+/t21-/m0/s1. The van der Waals surface area contributed by atoms with Crippen LogP contribution in [0.1, 0.15) is 23.6 Å². The number of rotatable bonds is 7. The fourth-order valence-electron chi connectivity index (χ4n) is 4.29. The molecule has 9 nitrogen and oxygen atoms in total. The molecule has 1 amide bonds. The Morgan fingerprint density at radius 2 is 1.71 bits per heavy atom. The summed E-state index contributed by atoms with van der Waals surface area (Å²) in [7, 11) is 0. The van der Waals surface area contributed by atoms with Crippen molar-refractivity contribution in [2.75, 3.05) is 39.4 Å². The molecule has 1 atom stereocenters. The van der Waals surface area contributed by atoms with Crippen LogP contribution in [0.2, 0.25) is 5.02 Å². The average Bonchev–Trinajstić information content (AvgIpc) is 3.10. The number of hydrogen-bond acceptors (Lipinski definition) is 7. The first kappa shape index (κ1) is 23.9. The zero-order valence-corrected chi connectivity index (χ0v) is 19.1. The van der Waals surface area contributed by atoms with Gasteiger partial charge in [-0.1, -0.05) is 11.6 Å². The molecule has 2 aliphatic rings. The maximum atomic E-state index is 13.1. The minimum atomic E-state index is -0.860. The van der Waals surface area contributed by atoms with E-state index >= 15 is 0 Å². The van der Waals surface area contributed by atoms with Crippen molar-refractivity contribution in [2.45, 2.75) is 12.5 Å². The first-order valence-corrected chi connectivity index (χ1v) is 11.3. The second kappa shape index (κ2) is 10.3. The molecule has 2 fully saturated rings. The van der Waals surface area contributed by atoms with E-state index in [-0.39, 0.29) is 17.0 Å². The highest BCUT2D eigenvalue weighted by atomic mass is 35.5. The highest BCUT2D eigenvalue weighted by molar-refractivity contribution is 6.46. The summed E-state index contributed by atoms with van der Waals surface area (Å²) in [4.78, 5) is 40.3. The SMILES string of the molecule is O=C1C(=O)N(CCCN2CCOCC2)[C@@H](c2ccc([N+](=O)[O-])cc2)/C1=C(\O)c1ccc(Cl)cc1. The van der Waals surface area contributed by atoms with Gasteiger partial charge >= 0.3 is 0 Å². The summed E-state index contributed by atoms with van der Waals surface area (Å²) in [6.45, 7) is 3.96. The van der Waals surface area contributed by atoms with Crippen LogP contribution in [0, 0.1) is 10.1 Å². The molecular weight excluding hydrogens is 462 g/mol. The van der Waals surface area contributed by atoms with Crippen molar-refractivity contribution in [3.63, 3.8) is 0 Å². The number of ether oxygens (including phenoxy) is 1. The summed E-state index contributed by atoms with van der Waals surface area (Å²) in [6, 6.07) is 11.1. The number of halogens is 1. The number of nitrogens with zero attached hydrogens (tertiary/aromatic N) is 3. The van der Waals surface area contributed by atoms with Crippen LogP contribution in [0.5, 0.6) is 0 Å².